The van der Waals surface area contributed by atoms with Gasteiger partial charge in [0.25, 0.3) is 0 Å². The van der Waals surface area contributed by atoms with Crippen molar-refractivity contribution in [3.8, 4) is 22.8 Å². The molecule has 2 aliphatic rings. The average Bonchev–Trinajstić information content (AvgIpc) is 3.16. The Hall–Kier alpha value is -6.19. The molecule has 0 bridgehead atoms. The van der Waals surface area contributed by atoms with Gasteiger partial charge in [0.1, 0.15) is 0 Å². The SMILES string of the molecule is C1=CC2c3ccccc3C=CC2C(c2nc(-c3ccc4c(ccc5ccccc54)c3)nc(-c3cccc4c3ccc3ccccc34)n2)=C1. The van der Waals surface area contributed by atoms with Gasteiger partial charge in [-0.1, -0.05) is 158 Å². The summed E-state index contributed by atoms with van der Waals surface area (Å²) < 4.78 is 0. The van der Waals surface area contributed by atoms with E-state index in [0.717, 1.165) is 33.3 Å². The van der Waals surface area contributed by atoms with Gasteiger partial charge in [0.15, 0.2) is 17.5 Å². The highest BCUT2D eigenvalue weighted by atomic mass is 15.0. The van der Waals surface area contributed by atoms with E-state index in [1.807, 2.05) is 0 Å². The summed E-state index contributed by atoms with van der Waals surface area (Å²) in [6.07, 6.45) is 11.2. The molecule has 8 aromatic rings. The van der Waals surface area contributed by atoms with E-state index in [9.17, 15) is 0 Å². The molecular weight excluding hydrogens is 583 g/mol. The van der Waals surface area contributed by atoms with Gasteiger partial charge in [0.05, 0.1) is 0 Å². The molecule has 3 heteroatoms. The zero-order valence-corrected chi connectivity index (χ0v) is 26.1. The Labute approximate surface area is 278 Å². The molecule has 0 aliphatic heterocycles. The van der Waals surface area contributed by atoms with E-state index in [4.69, 9.17) is 15.0 Å². The monoisotopic (exact) mass is 611 g/mol. The second-order valence-corrected chi connectivity index (χ2v) is 12.8. The van der Waals surface area contributed by atoms with Gasteiger partial charge in [-0.15, -0.1) is 0 Å². The maximum atomic E-state index is 5.27. The van der Waals surface area contributed by atoms with E-state index < -0.39 is 0 Å². The van der Waals surface area contributed by atoms with Crippen LogP contribution in [0.25, 0.3) is 77.5 Å². The number of rotatable bonds is 3. The first-order valence-electron chi connectivity index (χ1n) is 16.5. The molecule has 48 heavy (non-hydrogen) atoms. The van der Waals surface area contributed by atoms with Gasteiger partial charge in [-0.05, 0) is 60.3 Å². The predicted molar refractivity (Wildman–Crippen MR) is 200 cm³/mol. The minimum Gasteiger partial charge on any atom is -0.208 e. The highest BCUT2D eigenvalue weighted by Gasteiger charge is 2.31. The van der Waals surface area contributed by atoms with Gasteiger partial charge in [-0.2, -0.15) is 0 Å². The second-order valence-electron chi connectivity index (χ2n) is 12.8. The largest absolute Gasteiger partial charge is 0.208 e. The lowest BCUT2D eigenvalue weighted by atomic mass is 9.73. The normalized spacial score (nSPS) is 16.7. The molecule has 10 rings (SSSR count). The Bertz CT molecular complexity index is 2700. The van der Waals surface area contributed by atoms with Gasteiger partial charge < -0.3 is 0 Å². The van der Waals surface area contributed by atoms with Gasteiger partial charge in [0, 0.05) is 28.5 Å². The third kappa shape index (κ3) is 4.25. The molecule has 0 radical (unpaired) electrons. The minimum absolute atomic E-state index is 0.132. The van der Waals surface area contributed by atoms with Gasteiger partial charge in [0.2, 0.25) is 0 Å². The Balaban J connectivity index is 1.19. The van der Waals surface area contributed by atoms with E-state index in [2.05, 4.69) is 164 Å². The van der Waals surface area contributed by atoms with Crippen LogP contribution < -0.4 is 0 Å². The molecular formula is C45H29N3. The average molecular weight is 612 g/mol. The zero-order valence-electron chi connectivity index (χ0n) is 26.1. The summed E-state index contributed by atoms with van der Waals surface area (Å²) in [7, 11) is 0. The Morgan fingerprint density at radius 1 is 0.438 bits per heavy atom. The van der Waals surface area contributed by atoms with Crippen molar-refractivity contribution in [3.05, 3.63) is 175 Å². The van der Waals surface area contributed by atoms with Crippen LogP contribution in [0.4, 0.5) is 0 Å². The third-order valence-corrected chi connectivity index (χ3v) is 10.1. The van der Waals surface area contributed by atoms with E-state index in [-0.39, 0.29) is 11.8 Å². The number of allylic oxidation sites excluding steroid dienone is 5. The smallest absolute Gasteiger partial charge is 0.164 e. The van der Waals surface area contributed by atoms with Crippen LogP contribution in [0.1, 0.15) is 22.9 Å². The highest BCUT2D eigenvalue weighted by Crippen LogP contribution is 2.44. The standard InChI is InChI=1S/C45H29N3/c1-4-12-33-28(9-1)19-20-31-27-32(23-24-36(31)33)43-46-44(41-17-7-15-37-34-13-5-2-10-29(34)21-25-39(37)41)48-45(47-43)42-18-8-16-38-35-14-6-3-11-30(35)22-26-40(38)42/h1-27,37,39H. The van der Waals surface area contributed by atoms with E-state index in [1.165, 1.54) is 43.4 Å². The topological polar surface area (TPSA) is 38.7 Å². The van der Waals surface area contributed by atoms with Crippen LogP contribution >= 0.6 is 0 Å². The van der Waals surface area contributed by atoms with Crippen molar-refractivity contribution in [1.29, 1.82) is 0 Å². The van der Waals surface area contributed by atoms with Crippen LogP contribution in [0.3, 0.4) is 0 Å². The van der Waals surface area contributed by atoms with Crippen LogP contribution in [0.15, 0.2) is 158 Å². The van der Waals surface area contributed by atoms with Crippen molar-refractivity contribution >= 4 is 54.7 Å². The van der Waals surface area contributed by atoms with E-state index in [1.54, 1.807) is 0 Å². The summed E-state index contributed by atoms with van der Waals surface area (Å²) in [6.45, 7) is 0. The quantitative estimate of drug-likeness (QED) is 0.187. The van der Waals surface area contributed by atoms with Crippen molar-refractivity contribution in [2.24, 2.45) is 5.92 Å². The maximum Gasteiger partial charge on any atom is 0.164 e. The van der Waals surface area contributed by atoms with Crippen LogP contribution in [0.5, 0.6) is 0 Å². The van der Waals surface area contributed by atoms with Gasteiger partial charge in [-0.25, -0.2) is 15.0 Å². The van der Waals surface area contributed by atoms with Gasteiger partial charge in [-0.3, -0.25) is 0 Å². The lowest BCUT2D eigenvalue weighted by Crippen LogP contribution is -2.19. The minimum atomic E-state index is 0.132. The molecule has 1 aromatic heterocycles. The van der Waals surface area contributed by atoms with Crippen molar-refractivity contribution in [1.82, 2.24) is 15.0 Å². The number of nitrogens with zero attached hydrogens (tertiary/aromatic N) is 3. The lowest BCUT2D eigenvalue weighted by Gasteiger charge is -2.31. The first-order valence-corrected chi connectivity index (χ1v) is 16.5. The second kappa shape index (κ2) is 10.7. The number of hydrogen-bond donors (Lipinski definition) is 0. The summed E-state index contributed by atoms with van der Waals surface area (Å²) in [5.41, 5.74) is 5.69. The molecule has 0 N–H and O–H groups in total. The summed E-state index contributed by atoms with van der Waals surface area (Å²) in [5.74, 6) is 2.44. The van der Waals surface area contributed by atoms with Crippen molar-refractivity contribution < 1.29 is 0 Å². The molecule has 2 unspecified atom stereocenters. The summed E-state index contributed by atoms with van der Waals surface area (Å²) in [5, 5.41) is 9.64. The summed E-state index contributed by atoms with van der Waals surface area (Å²) in [6, 6.07) is 47.6. The lowest BCUT2D eigenvalue weighted by molar-refractivity contribution is 0.702. The number of benzene rings is 7. The van der Waals surface area contributed by atoms with E-state index in [0.29, 0.717) is 11.6 Å². The predicted octanol–water partition coefficient (Wildman–Crippen LogP) is 11.2. The van der Waals surface area contributed by atoms with E-state index >= 15 is 0 Å². The Morgan fingerprint density at radius 2 is 1.10 bits per heavy atom. The van der Waals surface area contributed by atoms with Crippen molar-refractivity contribution in [2.75, 3.05) is 0 Å². The van der Waals surface area contributed by atoms with Crippen LogP contribution in [-0.2, 0) is 0 Å². The number of fused-ring (bicyclic) bond motifs is 9. The molecule has 3 nitrogen and oxygen atoms in total. The number of aromatic nitrogens is 3. The first kappa shape index (κ1) is 27.0. The maximum absolute atomic E-state index is 5.27. The molecule has 224 valence electrons. The molecule has 0 saturated heterocycles. The zero-order chi connectivity index (χ0) is 31.6. The fourth-order valence-electron chi connectivity index (χ4n) is 7.76. The molecule has 0 amide bonds. The van der Waals surface area contributed by atoms with Crippen LogP contribution in [-0.4, -0.2) is 15.0 Å². The van der Waals surface area contributed by atoms with Crippen molar-refractivity contribution in [2.45, 2.75) is 5.92 Å². The molecule has 2 atom stereocenters. The first-order chi connectivity index (χ1) is 23.8. The fraction of sp³-hybridized carbons (Fsp3) is 0.0444. The third-order valence-electron chi connectivity index (χ3n) is 10.1. The Kier molecular flexibility index (Phi) is 6.00. The number of hydrogen-bond acceptors (Lipinski definition) is 3. The molecule has 0 fully saturated rings. The fourth-order valence-corrected chi connectivity index (χ4v) is 7.76. The summed E-state index contributed by atoms with van der Waals surface area (Å²) >= 11 is 0. The molecule has 7 aromatic carbocycles. The molecule has 0 spiro atoms. The highest BCUT2D eigenvalue weighted by molar-refractivity contribution is 6.12. The molecule has 2 aliphatic carbocycles. The van der Waals surface area contributed by atoms with Gasteiger partial charge >= 0.3 is 0 Å². The van der Waals surface area contributed by atoms with Crippen molar-refractivity contribution in [3.63, 3.8) is 0 Å². The summed E-state index contributed by atoms with van der Waals surface area (Å²) in [4.78, 5) is 15.7. The van der Waals surface area contributed by atoms with Crippen LogP contribution in [0.2, 0.25) is 0 Å². The van der Waals surface area contributed by atoms with Crippen LogP contribution in [0, 0.1) is 5.92 Å². The Morgan fingerprint density at radius 3 is 2.00 bits per heavy atom. The molecule has 1 heterocycles. The molecule has 0 saturated carbocycles.